The second kappa shape index (κ2) is 12.7. The highest BCUT2D eigenvalue weighted by atomic mass is 32.2. The Labute approximate surface area is 247 Å². The van der Waals surface area contributed by atoms with Gasteiger partial charge in [-0.3, -0.25) is 19.3 Å². The number of thioether (sulfide) groups is 1. The van der Waals surface area contributed by atoms with E-state index in [9.17, 15) is 19.5 Å². The number of rotatable bonds is 11. The van der Waals surface area contributed by atoms with Crippen LogP contribution in [0.15, 0.2) is 29.2 Å². The van der Waals surface area contributed by atoms with Gasteiger partial charge in [-0.1, -0.05) is 44.7 Å². The summed E-state index contributed by atoms with van der Waals surface area (Å²) < 4.78 is 12.8. The van der Waals surface area contributed by atoms with Crippen LogP contribution in [-0.2, 0) is 16.0 Å². The minimum Gasteiger partial charge on any atom is -0.489 e. The van der Waals surface area contributed by atoms with E-state index < -0.39 is 17.5 Å². The third kappa shape index (κ3) is 6.64. The van der Waals surface area contributed by atoms with Crippen LogP contribution in [0.2, 0.25) is 0 Å². The minimum atomic E-state index is -0.751. The molecule has 2 unspecified atom stereocenters. The van der Waals surface area contributed by atoms with Gasteiger partial charge in [0.25, 0.3) is 11.1 Å². The number of hydrogen-bond donors (Lipinski definition) is 1. The number of aliphatic carboxylic acids is 1. The standard InChI is InChI=1S/C33H41NO6S/c1-7-8-9-10-11-26(31(36)37)28-20(2)21(3)29-25(22(28)4)16-17-33(5,40-29)19-39-24-14-12-23(13-15-24)18-27-30(35)34(6)32(38)41-27/h12-15,18,26H,7-11,16-17,19H2,1-6H3,(H,36,37)/b27-18+. The SMILES string of the molecule is CCCCCCC(C(=O)O)c1c(C)c(C)c2c(c1C)CCC(C)(COc1ccc(/C=C3/SC(=O)N(C)C3=O)cc1)O2. The smallest absolute Gasteiger partial charge is 0.310 e. The molecular formula is C33H41NO6S. The molecule has 0 aromatic heterocycles. The molecule has 2 aliphatic heterocycles. The molecule has 220 valence electrons. The molecule has 0 aliphatic carbocycles. The van der Waals surface area contributed by atoms with E-state index in [4.69, 9.17) is 9.47 Å². The highest BCUT2D eigenvalue weighted by Gasteiger charge is 2.37. The first-order valence-electron chi connectivity index (χ1n) is 14.4. The summed E-state index contributed by atoms with van der Waals surface area (Å²) in [5.41, 5.74) is 5.40. The van der Waals surface area contributed by atoms with E-state index in [0.29, 0.717) is 23.7 Å². The molecule has 0 saturated carbocycles. The van der Waals surface area contributed by atoms with Gasteiger partial charge in [0, 0.05) is 7.05 Å². The first-order valence-corrected chi connectivity index (χ1v) is 15.3. The molecule has 8 heteroatoms. The molecule has 0 radical (unpaired) electrons. The molecule has 2 aromatic carbocycles. The highest BCUT2D eigenvalue weighted by Crippen LogP contribution is 2.44. The van der Waals surface area contributed by atoms with Crippen LogP contribution >= 0.6 is 11.8 Å². The molecule has 0 bridgehead atoms. The number of amides is 2. The molecule has 7 nitrogen and oxygen atoms in total. The van der Waals surface area contributed by atoms with Crippen molar-refractivity contribution in [3.8, 4) is 11.5 Å². The zero-order valence-electron chi connectivity index (χ0n) is 25.0. The Kier molecular flexibility index (Phi) is 9.52. The molecule has 0 spiro atoms. The molecule has 1 saturated heterocycles. The van der Waals surface area contributed by atoms with Crippen molar-refractivity contribution < 1.29 is 29.0 Å². The van der Waals surface area contributed by atoms with E-state index >= 15 is 0 Å². The molecule has 2 heterocycles. The molecule has 4 rings (SSSR count). The van der Waals surface area contributed by atoms with E-state index in [2.05, 4.69) is 13.8 Å². The van der Waals surface area contributed by atoms with Crippen LogP contribution in [-0.4, -0.2) is 46.4 Å². The van der Waals surface area contributed by atoms with E-state index in [1.807, 2.05) is 45.0 Å². The summed E-state index contributed by atoms with van der Waals surface area (Å²) in [6.45, 7) is 10.7. The van der Waals surface area contributed by atoms with Crippen molar-refractivity contribution in [2.45, 2.75) is 91.1 Å². The lowest BCUT2D eigenvalue weighted by molar-refractivity contribution is -0.139. The number of imide groups is 1. The molecular weight excluding hydrogens is 538 g/mol. The van der Waals surface area contributed by atoms with Gasteiger partial charge >= 0.3 is 5.97 Å². The van der Waals surface area contributed by atoms with Crippen LogP contribution < -0.4 is 9.47 Å². The van der Waals surface area contributed by atoms with Crippen LogP contribution in [0.25, 0.3) is 6.08 Å². The number of likely N-dealkylation sites (N-methyl/N-ethyl adjacent to an activating group) is 1. The van der Waals surface area contributed by atoms with Gasteiger partial charge in [-0.2, -0.15) is 0 Å². The number of fused-ring (bicyclic) bond motifs is 1. The first-order chi connectivity index (χ1) is 19.5. The van der Waals surface area contributed by atoms with E-state index in [0.717, 1.165) is 94.3 Å². The Morgan fingerprint density at radius 2 is 1.83 bits per heavy atom. The van der Waals surface area contributed by atoms with Crippen molar-refractivity contribution in [3.63, 3.8) is 0 Å². The molecule has 1 fully saturated rings. The third-order valence-corrected chi connectivity index (χ3v) is 9.35. The lowest BCUT2D eigenvalue weighted by Crippen LogP contribution is -2.42. The molecule has 2 aliphatic rings. The molecule has 2 atom stereocenters. The van der Waals surface area contributed by atoms with Crippen LogP contribution in [0.5, 0.6) is 11.5 Å². The molecule has 1 N–H and O–H groups in total. The van der Waals surface area contributed by atoms with Crippen molar-refractivity contribution in [1.29, 1.82) is 0 Å². The van der Waals surface area contributed by atoms with Crippen LogP contribution in [0.1, 0.15) is 91.7 Å². The Morgan fingerprint density at radius 3 is 2.44 bits per heavy atom. The minimum absolute atomic E-state index is 0.274. The van der Waals surface area contributed by atoms with Gasteiger partial charge in [0.2, 0.25) is 0 Å². The average Bonchev–Trinajstić information content (AvgIpc) is 3.18. The summed E-state index contributed by atoms with van der Waals surface area (Å²) in [5.74, 6) is 0.00230. The van der Waals surface area contributed by atoms with Gasteiger partial charge in [0.05, 0.1) is 10.8 Å². The lowest BCUT2D eigenvalue weighted by atomic mass is 9.80. The summed E-state index contributed by atoms with van der Waals surface area (Å²) in [5, 5.41) is 9.85. The van der Waals surface area contributed by atoms with Gasteiger partial charge in [-0.25, -0.2) is 0 Å². The fourth-order valence-electron chi connectivity index (χ4n) is 5.72. The zero-order chi connectivity index (χ0) is 29.9. The monoisotopic (exact) mass is 579 g/mol. The molecule has 2 amide bonds. The number of carboxylic acid groups (broad SMARTS) is 1. The number of carbonyl (C=O) groups excluding carboxylic acids is 2. The van der Waals surface area contributed by atoms with Gasteiger partial charge in [-0.15, -0.1) is 0 Å². The predicted molar refractivity (Wildman–Crippen MR) is 163 cm³/mol. The van der Waals surface area contributed by atoms with Gasteiger partial charge in [0.1, 0.15) is 23.7 Å². The van der Waals surface area contributed by atoms with Crippen molar-refractivity contribution in [1.82, 2.24) is 4.90 Å². The third-order valence-electron chi connectivity index (χ3n) is 8.39. The fourth-order valence-corrected chi connectivity index (χ4v) is 6.55. The number of ether oxygens (including phenoxy) is 2. The Balaban J connectivity index is 1.47. The number of carbonyl (C=O) groups is 3. The quantitative estimate of drug-likeness (QED) is 0.217. The van der Waals surface area contributed by atoms with Crippen molar-refractivity contribution >= 4 is 35.0 Å². The summed E-state index contributed by atoms with van der Waals surface area (Å²) in [7, 11) is 1.48. The molecule has 41 heavy (non-hydrogen) atoms. The van der Waals surface area contributed by atoms with Crippen LogP contribution in [0.4, 0.5) is 4.79 Å². The number of hydrogen-bond acceptors (Lipinski definition) is 6. The highest BCUT2D eigenvalue weighted by molar-refractivity contribution is 8.18. The van der Waals surface area contributed by atoms with E-state index in [1.165, 1.54) is 7.05 Å². The van der Waals surface area contributed by atoms with Gasteiger partial charge in [0.15, 0.2) is 0 Å². The van der Waals surface area contributed by atoms with Gasteiger partial charge in [-0.05, 0) is 110 Å². The van der Waals surface area contributed by atoms with Crippen LogP contribution in [0, 0.1) is 20.8 Å². The van der Waals surface area contributed by atoms with Crippen LogP contribution in [0.3, 0.4) is 0 Å². The van der Waals surface area contributed by atoms with Crippen molar-refractivity contribution in [3.05, 3.63) is 62.6 Å². The second-order valence-corrected chi connectivity index (χ2v) is 12.5. The maximum atomic E-state index is 12.3. The first kappa shape index (κ1) is 30.7. The Bertz CT molecular complexity index is 1370. The lowest BCUT2D eigenvalue weighted by Gasteiger charge is -2.38. The maximum absolute atomic E-state index is 12.3. The number of unbranched alkanes of at least 4 members (excludes halogenated alkanes) is 3. The van der Waals surface area contributed by atoms with Crippen molar-refractivity contribution in [2.75, 3.05) is 13.7 Å². The summed E-state index contributed by atoms with van der Waals surface area (Å²) in [6, 6.07) is 7.41. The topological polar surface area (TPSA) is 93.1 Å². The summed E-state index contributed by atoms with van der Waals surface area (Å²) in [4.78, 5) is 37.7. The largest absolute Gasteiger partial charge is 0.489 e. The normalized spacial score (nSPS) is 20.2. The average molecular weight is 580 g/mol. The Morgan fingerprint density at radius 1 is 1.12 bits per heavy atom. The summed E-state index contributed by atoms with van der Waals surface area (Å²) in [6.07, 6.45) is 8.14. The fraction of sp³-hybridized carbons (Fsp3) is 0.485. The Hall–Kier alpha value is -3.26. The predicted octanol–water partition coefficient (Wildman–Crippen LogP) is 7.58. The van der Waals surface area contributed by atoms with E-state index in [1.54, 1.807) is 6.08 Å². The van der Waals surface area contributed by atoms with Gasteiger partial charge < -0.3 is 14.6 Å². The number of carboxylic acids is 1. The second-order valence-electron chi connectivity index (χ2n) is 11.5. The van der Waals surface area contributed by atoms with E-state index in [-0.39, 0.29) is 11.1 Å². The maximum Gasteiger partial charge on any atom is 0.310 e. The number of benzene rings is 2. The number of nitrogens with zero attached hydrogens (tertiary/aromatic N) is 1. The van der Waals surface area contributed by atoms with Crippen molar-refractivity contribution in [2.24, 2.45) is 0 Å². The molecule has 2 aromatic rings. The summed E-state index contributed by atoms with van der Waals surface area (Å²) >= 11 is 0.937. The zero-order valence-corrected chi connectivity index (χ0v) is 25.8.